The Morgan fingerprint density at radius 1 is 1.62 bits per heavy atom. The van der Waals surface area contributed by atoms with Gasteiger partial charge in [0.1, 0.15) is 0 Å². The largest absolute Gasteiger partial charge is 0.352 e. The third kappa shape index (κ3) is 2.84. The van der Waals surface area contributed by atoms with Crippen molar-refractivity contribution in [1.82, 2.24) is 5.32 Å². The van der Waals surface area contributed by atoms with Crippen LogP contribution in [0.4, 0.5) is 0 Å². The summed E-state index contributed by atoms with van der Waals surface area (Å²) in [5.74, 6) is -0.0523. The highest BCUT2D eigenvalue weighted by molar-refractivity contribution is 14.1. The molecule has 1 rings (SSSR count). The summed E-state index contributed by atoms with van der Waals surface area (Å²) in [5, 5.41) is 3.39. The second-order valence-corrected chi connectivity index (χ2v) is 4.08. The van der Waals surface area contributed by atoms with Gasteiger partial charge in [-0.15, -0.1) is 0 Å². The van der Waals surface area contributed by atoms with Gasteiger partial charge in [-0.05, 0) is 47.7 Å². The lowest BCUT2D eigenvalue weighted by atomic mass is 10.2. The topological polar surface area (TPSA) is 29.1 Å². The molecule has 1 amide bonds. The molecule has 0 aliphatic heterocycles. The summed E-state index contributed by atoms with van der Waals surface area (Å²) in [7, 11) is 0. The molecule has 13 heavy (non-hydrogen) atoms. The molecule has 70 valence electrons. The van der Waals surface area contributed by atoms with Crippen molar-refractivity contribution in [3.05, 3.63) is 32.4 Å². The van der Waals surface area contributed by atoms with Crippen LogP contribution < -0.4 is 5.32 Å². The van der Waals surface area contributed by atoms with Gasteiger partial charge in [0, 0.05) is 15.1 Å². The molecule has 1 aromatic rings. The highest BCUT2D eigenvalue weighted by atomic mass is 127. The molecule has 0 aliphatic carbocycles. The predicted molar refractivity (Wildman–Crippen MR) is 62.2 cm³/mol. The van der Waals surface area contributed by atoms with Crippen molar-refractivity contribution in [3.8, 4) is 0 Å². The molecule has 0 atom stereocenters. The van der Waals surface area contributed by atoms with Crippen LogP contribution >= 0.6 is 34.2 Å². The normalized spacial score (nSPS) is 9.77. The van der Waals surface area contributed by atoms with Gasteiger partial charge in [0.2, 0.25) is 0 Å². The lowest BCUT2D eigenvalue weighted by Crippen LogP contribution is -2.23. The monoisotopic (exact) mass is 309 g/mol. The van der Waals surface area contributed by atoms with Crippen LogP contribution in [-0.2, 0) is 0 Å². The van der Waals surface area contributed by atoms with Crippen molar-refractivity contribution >= 4 is 40.1 Å². The van der Waals surface area contributed by atoms with Crippen LogP contribution in [0.15, 0.2) is 18.2 Å². The highest BCUT2D eigenvalue weighted by Crippen LogP contribution is 2.17. The summed E-state index contributed by atoms with van der Waals surface area (Å²) in [5.41, 5.74) is 0.673. The van der Waals surface area contributed by atoms with E-state index in [0.29, 0.717) is 17.1 Å². The maximum absolute atomic E-state index is 11.4. The molecule has 1 N–H and O–H groups in total. The standard InChI is InChI=1S/C9H9ClINO/c1-2-12-9(13)7-4-3-6(10)5-8(7)11/h3-5H,2H2,1H3,(H,12,13). The first kappa shape index (κ1) is 10.8. The second-order valence-electron chi connectivity index (χ2n) is 2.48. The van der Waals surface area contributed by atoms with Crippen molar-refractivity contribution in [3.63, 3.8) is 0 Å². The van der Waals surface area contributed by atoms with E-state index < -0.39 is 0 Å². The van der Waals surface area contributed by atoms with Gasteiger partial charge in [-0.3, -0.25) is 4.79 Å². The predicted octanol–water partition coefficient (Wildman–Crippen LogP) is 2.69. The maximum Gasteiger partial charge on any atom is 0.252 e. The number of nitrogens with one attached hydrogen (secondary N) is 1. The van der Waals surface area contributed by atoms with E-state index in [4.69, 9.17) is 11.6 Å². The van der Waals surface area contributed by atoms with Crippen LogP contribution in [0.1, 0.15) is 17.3 Å². The minimum atomic E-state index is -0.0523. The van der Waals surface area contributed by atoms with Crippen molar-refractivity contribution in [2.24, 2.45) is 0 Å². The van der Waals surface area contributed by atoms with E-state index in [1.807, 2.05) is 6.92 Å². The van der Waals surface area contributed by atoms with Gasteiger partial charge in [-0.25, -0.2) is 0 Å². The Balaban J connectivity index is 2.95. The average molecular weight is 310 g/mol. The van der Waals surface area contributed by atoms with Gasteiger partial charge in [0.25, 0.3) is 5.91 Å². The van der Waals surface area contributed by atoms with E-state index in [-0.39, 0.29) is 5.91 Å². The molecular formula is C9H9ClINO. The fraction of sp³-hybridized carbons (Fsp3) is 0.222. The van der Waals surface area contributed by atoms with E-state index in [0.717, 1.165) is 3.57 Å². The maximum atomic E-state index is 11.4. The lowest BCUT2D eigenvalue weighted by molar-refractivity contribution is 0.0955. The quantitative estimate of drug-likeness (QED) is 0.836. The van der Waals surface area contributed by atoms with E-state index in [2.05, 4.69) is 27.9 Å². The van der Waals surface area contributed by atoms with Crippen LogP contribution in [0.3, 0.4) is 0 Å². The number of halogens is 2. The molecule has 4 heteroatoms. The van der Waals surface area contributed by atoms with Crippen LogP contribution in [-0.4, -0.2) is 12.5 Å². The van der Waals surface area contributed by atoms with E-state index in [9.17, 15) is 4.79 Å². The number of carbonyl (C=O) groups is 1. The van der Waals surface area contributed by atoms with Crippen LogP contribution in [0.2, 0.25) is 5.02 Å². The number of hydrogen-bond acceptors (Lipinski definition) is 1. The summed E-state index contributed by atoms with van der Waals surface area (Å²) in [6.45, 7) is 2.53. The molecule has 0 saturated heterocycles. The molecule has 0 saturated carbocycles. The third-order valence-corrected chi connectivity index (χ3v) is 2.64. The number of hydrogen-bond donors (Lipinski definition) is 1. The summed E-state index contributed by atoms with van der Waals surface area (Å²) < 4.78 is 0.871. The Labute approximate surface area is 95.8 Å². The van der Waals surface area contributed by atoms with E-state index in [1.165, 1.54) is 0 Å². The molecule has 0 heterocycles. The van der Waals surface area contributed by atoms with Crippen LogP contribution in [0, 0.1) is 3.57 Å². The summed E-state index contributed by atoms with van der Waals surface area (Å²) in [6.07, 6.45) is 0. The van der Waals surface area contributed by atoms with Gasteiger partial charge in [0.05, 0.1) is 5.56 Å². The summed E-state index contributed by atoms with van der Waals surface area (Å²) in [6, 6.07) is 5.22. The highest BCUT2D eigenvalue weighted by Gasteiger charge is 2.08. The van der Waals surface area contributed by atoms with Gasteiger partial charge in [-0.1, -0.05) is 11.6 Å². The molecule has 0 fully saturated rings. The van der Waals surface area contributed by atoms with Crippen molar-refractivity contribution in [2.75, 3.05) is 6.54 Å². The minimum absolute atomic E-state index is 0.0523. The molecule has 0 aliphatic rings. The van der Waals surface area contributed by atoms with E-state index >= 15 is 0 Å². The van der Waals surface area contributed by atoms with Crippen LogP contribution in [0.25, 0.3) is 0 Å². The SMILES string of the molecule is CCNC(=O)c1ccc(Cl)cc1I. The third-order valence-electron chi connectivity index (χ3n) is 1.51. The fourth-order valence-corrected chi connectivity index (χ4v) is 2.05. The Kier molecular flexibility index (Phi) is 3.99. The summed E-state index contributed by atoms with van der Waals surface area (Å²) >= 11 is 7.86. The molecule has 0 radical (unpaired) electrons. The van der Waals surface area contributed by atoms with Crippen molar-refractivity contribution in [1.29, 1.82) is 0 Å². The van der Waals surface area contributed by atoms with Crippen LogP contribution in [0.5, 0.6) is 0 Å². The Hall–Kier alpha value is -0.290. The Morgan fingerprint density at radius 2 is 2.31 bits per heavy atom. The molecular weight excluding hydrogens is 300 g/mol. The number of carbonyl (C=O) groups excluding carboxylic acids is 1. The Bertz CT molecular complexity index is 327. The van der Waals surface area contributed by atoms with Crippen molar-refractivity contribution < 1.29 is 4.79 Å². The zero-order valence-electron chi connectivity index (χ0n) is 7.10. The van der Waals surface area contributed by atoms with Gasteiger partial charge in [0.15, 0.2) is 0 Å². The first-order valence-corrected chi connectivity index (χ1v) is 5.34. The number of rotatable bonds is 2. The molecule has 0 bridgehead atoms. The molecule has 0 unspecified atom stereocenters. The van der Waals surface area contributed by atoms with E-state index in [1.54, 1.807) is 18.2 Å². The van der Waals surface area contributed by atoms with Gasteiger partial charge in [-0.2, -0.15) is 0 Å². The fourth-order valence-electron chi connectivity index (χ4n) is 0.929. The molecule has 1 aromatic carbocycles. The molecule has 0 aromatic heterocycles. The lowest BCUT2D eigenvalue weighted by Gasteiger charge is -2.04. The zero-order chi connectivity index (χ0) is 9.84. The average Bonchev–Trinajstić information content (AvgIpc) is 2.04. The van der Waals surface area contributed by atoms with Crippen molar-refractivity contribution in [2.45, 2.75) is 6.92 Å². The first-order chi connectivity index (χ1) is 6.15. The zero-order valence-corrected chi connectivity index (χ0v) is 10.0. The molecule has 0 spiro atoms. The molecule has 2 nitrogen and oxygen atoms in total. The minimum Gasteiger partial charge on any atom is -0.352 e. The van der Waals surface area contributed by atoms with Gasteiger partial charge < -0.3 is 5.32 Å². The number of benzene rings is 1. The number of amides is 1. The smallest absolute Gasteiger partial charge is 0.252 e. The van der Waals surface area contributed by atoms with Gasteiger partial charge >= 0.3 is 0 Å². The first-order valence-electron chi connectivity index (χ1n) is 3.88. The Morgan fingerprint density at radius 3 is 2.85 bits per heavy atom. The second kappa shape index (κ2) is 4.81. The summed E-state index contributed by atoms with van der Waals surface area (Å²) in [4.78, 5) is 11.4.